The molecule has 0 N–H and O–H groups in total. The summed E-state index contributed by atoms with van der Waals surface area (Å²) in [4.78, 5) is 5.90. The van der Waals surface area contributed by atoms with E-state index in [-0.39, 0.29) is 0 Å². The standard InChI is InChI=1S/C59H45N/c1-38-34-46(40-20-7-5-8-21-40)56(52(36-38)58(3)48-28-15-11-24-42(48)43-25-12-16-29-49(43)58)54-32-19-33-55(60-54)57-47(41-22-9-6-10-23-41)35-39(2)37-53(57)59(4)50-30-17-13-26-44(50)45-27-14-18-31-51(45)59/h5-37H,1-4H3. The Labute approximate surface area is 353 Å². The molecule has 286 valence electrons. The van der Waals surface area contributed by atoms with Gasteiger partial charge >= 0.3 is 0 Å². The first-order valence-electron chi connectivity index (χ1n) is 21.1. The minimum atomic E-state index is -0.426. The van der Waals surface area contributed by atoms with E-state index in [0.717, 1.165) is 11.4 Å². The number of aromatic nitrogens is 1. The molecule has 0 amide bonds. The van der Waals surface area contributed by atoms with Gasteiger partial charge in [-0.25, -0.2) is 4.98 Å². The van der Waals surface area contributed by atoms with Crippen molar-refractivity contribution in [3.63, 3.8) is 0 Å². The van der Waals surface area contributed by atoms with Gasteiger partial charge in [0.2, 0.25) is 0 Å². The van der Waals surface area contributed by atoms with Crippen molar-refractivity contribution in [2.45, 2.75) is 38.5 Å². The zero-order valence-electron chi connectivity index (χ0n) is 34.5. The van der Waals surface area contributed by atoms with Gasteiger partial charge in [0, 0.05) is 22.0 Å². The van der Waals surface area contributed by atoms with Crippen molar-refractivity contribution in [1.29, 1.82) is 0 Å². The van der Waals surface area contributed by atoms with E-state index < -0.39 is 10.8 Å². The largest absolute Gasteiger partial charge is 0.248 e. The van der Waals surface area contributed by atoms with Crippen LogP contribution in [0.1, 0.15) is 58.4 Å². The van der Waals surface area contributed by atoms with E-state index >= 15 is 0 Å². The fourth-order valence-corrected chi connectivity index (χ4v) is 10.8. The fraction of sp³-hybridized carbons (Fsp3) is 0.102. The molecule has 0 fully saturated rings. The molecular weight excluding hydrogens is 723 g/mol. The van der Waals surface area contributed by atoms with Crippen LogP contribution in [0.25, 0.3) is 67.0 Å². The van der Waals surface area contributed by atoms with Gasteiger partial charge in [-0.05, 0) is 118 Å². The van der Waals surface area contributed by atoms with Crippen molar-refractivity contribution in [2.24, 2.45) is 0 Å². The summed E-state index contributed by atoms with van der Waals surface area (Å²) in [6, 6.07) is 74.0. The van der Waals surface area contributed by atoms with Gasteiger partial charge < -0.3 is 0 Å². The van der Waals surface area contributed by atoms with E-state index in [1.165, 1.54) is 100 Å². The maximum Gasteiger partial charge on any atom is 0.0719 e. The van der Waals surface area contributed by atoms with Gasteiger partial charge in [0.05, 0.1) is 11.4 Å². The average molecular weight is 768 g/mol. The van der Waals surface area contributed by atoms with E-state index in [1.54, 1.807) is 0 Å². The van der Waals surface area contributed by atoms with Crippen molar-refractivity contribution in [2.75, 3.05) is 0 Å². The minimum Gasteiger partial charge on any atom is -0.248 e. The molecule has 0 unspecified atom stereocenters. The predicted octanol–water partition coefficient (Wildman–Crippen LogP) is 15.0. The summed E-state index contributed by atoms with van der Waals surface area (Å²) in [6.45, 7) is 9.33. The monoisotopic (exact) mass is 767 g/mol. The third kappa shape index (κ3) is 5.28. The molecule has 0 aliphatic heterocycles. The van der Waals surface area contributed by atoms with Crippen molar-refractivity contribution in [3.05, 3.63) is 245 Å². The number of hydrogen-bond acceptors (Lipinski definition) is 1. The van der Waals surface area contributed by atoms with Crippen molar-refractivity contribution in [1.82, 2.24) is 4.98 Å². The van der Waals surface area contributed by atoms with Crippen LogP contribution in [0.5, 0.6) is 0 Å². The van der Waals surface area contributed by atoms with Gasteiger partial charge in [-0.15, -0.1) is 0 Å². The molecule has 0 saturated heterocycles. The first-order chi connectivity index (χ1) is 29.4. The van der Waals surface area contributed by atoms with Crippen LogP contribution in [0.3, 0.4) is 0 Å². The third-order valence-corrected chi connectivity index (χ3v) is 13.5. The van der Waals surface area contributed by atoms with Gasteiger partial charge in [-0.1, -0.05) is 199 Å². The molecular formula is C59H45N. The highest BCUT2D eigenvalue weighted by Gasteiger charge is 2.44. The average Bonchev–Trinajstić information content (AvgIpc) is 3.72. The van der Waals surface area contributed by atoms with E-state index in [2.05, 4.69) is 228 Å². The predicted molar refractivity (Wildman–Crippen MR) is 250 cm³/mol. The lowest BCUT2D eigenvalue weighted by atomic mass is 9.70. The smallest absolute Gasteiger partial charge is 0.0719 e. The molecule has 11 rings (SSSR count). The lowest BCUT2D eigenvalue weighted by Gasteiger charge is -2.33. The zero-order chi connectivity index (χ0) is 40.6. The van der Waals surface area contributed by atoms with Crippen LogP contribution < -0.4 is 0 Å². The molecule has 60 heavy (non-hydrogen) atoms. The summed E-state index contributed by atoms with van der Waals surface area (Å²) in [6.07, 6.45) is 0. The van der Waals surface area contributed by atoms with Crippen LogP contribution >= 0.6 is 0 Å². The second-order valence-corrected chi connectivity index (χ2v) is 17.0. The Morgan fingerprint density at radius 3 is 0.967 bits per heavy atom. The Balaban J connectivity index is 1.23. The molecule has 0 spiro atoms. The maximum absolute atomic E-state index is 5.90. The number of hydrogen-bond donors (Lipinski definition) is 0. The lowest BCUT2D eigenvalue weighted by Crippen LogP contribution is -2.24. The van der Waals surface area contributed by atoms with E-state index in [4.69, 9.17) is 4.98 Å². The Bertz CT molecular complexity index is 2830. The summed E-state index contributed by atoms with van der Waals surface area (Å²) in [7, 11) is 0. The Kier molecular flexibility index (Phi) is 8.26. The van der Waals surface area contributed by atoms with E-state index in [9.17, 15) is 0 Å². The molecule has 1 heterocycles. The van der Waals surface area contributed by atoms with Gasteiger partial charge in [0.1, 0.15) is 0 Å². The number of nitrogens with zero attached hydrogens (tertiary/aromatic N) is 1. The Morgan fingerprint density at radius 1 is 0.300 bits per heavy atom. The van der Waals surface area contributed by atoms with Crippen LogP contribution in [0.4, 0.5) is 0 Å². The van der Waals surface area contributed by atoms with E-state index in [0.29, 0.717) is 0 Å². The van der Waals surface area contributed by atoms with Gasteiger partial charge in [0.25, 0.3) is 0 Å². The summed E-state index contributed by atoms with van der Waals surface area (Å²) in [5.74, 6) is 0. The molecule has 0 atom stereocenters. The molecule has 1 aromatic heterocycles. The second kappa shape index (κ2) is 13.8. The normalized spacial score (nSPS) is 13.9. The molecule has 0 bridgehead atoms. The molecule has 0 radical (unpaired) electrons. The second-order valence-electron chi connectivity index (χ2n) is 17.0. The molecule has 2 aliphatic rings. The number of fused-ring (bicyclic) bond motifs is 6. The summed E-state index contributed by atoms with van der Waals surface area (Å²) in [5, 5.41) is 0. The molecule has 1 heteroatoms. The minimum absolute atomic E-state index is 0.426. The lowest BCUT2D eigenvalue weighted by molar-refractivity contribution is 0.714. The van der Waals surface area contributed by atoms with Crippen LogP contribution in [0.15, 0.2) is 200 Å². The highest BCUT2D eigenvalue weighted by Crippen LogP contribution is 2.57. The summed E-state index contributed by atoms with van der Waals surface area (Å²) >= 11 is 0. The number of rotatable bonds is 6. The van der Waals surface area contributed by atoms with Crippen molar-refractivity contribution >= 4 is 0 Å². The topological polar surface area (TPSA) is 12.9 Å². The molecule has 2 aliphatic carbocycles. The summed E-state index contributed by atoms with van der Waals surface area (Å²) < 4.78 is 0. The first kappa shape index (κ1) is 36.0. The summed E-state index contributed by atoms with van der Waals surface area (Å²) in [5.41, 5.74) is 23.6. The van der Waals surface area contributed by atoms with Crippen LogP contribution in [0.2, 0.25) is 0 Å². The molecule has 1 nitrogen and oxygen atoms in total. The highest BCUT2D eigenvalue weighted by molar-refractivity contribution is 5.94. The van der Waals surface area contributed by atoms with Crippen molar-refractivity contribution in [3.8, 4) is 67.0 Å². The maximum atomic E-state index is 5.90. The molecule has 9 aromatic rings. The van der Waals surface area contributed by atoms with Gasteiger partial charge in [0.15, 0.2) is 0 Å². The van der Waals surface area contributed by atoms with Crippen molar-refractivity contribution < 1.29 is 0 Å². The quantitative estimate of drug-likeness (QED) is 0.164. The Hall–Kier alpha value is -7.09. The number of aryl methyl sites for hydroxylation is 2. The molecule has 8 aromatic carbocycles. The first-order valence-corrected chi connectivity index (χ1v) is 21.1. The SMILES string of the molecule is Cc1cc(-c2ccccc2)c(-c2cccc(-c3c(-c4ccccc4)cc(C)cc3C3(C)c4ccccc4-c4ccccc43)n2)c(C2(C)c3ccccc3-c3ccccc32)c1. The van der Waals surface area contributed by atoms with Gasteiger partial charge in [-0.3, -0.25) is 0 Å². The molecule has 0 saturated carbocycles. The van der Waals surface area contributed by atoms with Crippen LogP contribution in [-0.4, -0.2) is 4.98 Å². The van der Waals surface area contributed by atoms with Gasteiger partial charge in [-0.2, -0.15) is 0 Å². The fourth-order valence-electron chi connectivity index (χ4n) is 10.8. The highest BCUT2D eigenvalue weighted by atomic mass is 14.7. The third-order valence-electron chi connectivity index (χ3n) is 13.5. The Morgan fingerprint density at radius 2 is 0.617 bits per heavy atom. The van der Waals surface area contributed by atoms with E-state index in [1.807, 2.05) is 0 Å². The number of pyridine rings is 1. The van der Waals surface area contributed by atoms with Crippen LogP contribution in [-0.2, 0) is 10.8 Å². The number of benzene rings is 8. The van der Waals surface area contributed by atoms with Crippen LogP contribution in [0, 0.1) is 13.8 Å². The zero-order valence-corrected chi connectivity index (χ0v) is 34.5.